The minimum atomic E-state index is -3.23. The molecule has 2 aliphatic carbocycles. The third-order valence-corrected chi connectivity index (χ3v) is 10.6. The van der Waals surface area contributed by atoms with Gasteiger partial charge in [0.05, 0.1) is 26.4 Å². The zero-order valence-corrected chi connectivity index (χ0v) is 26.5. The number of ether oxygens (including phenoxy) is 4. The SMILES string of the molecule is COC(=O)CC1COc2cc(OC3CCc4c(-c5c(C)cc(OC6CC(N(C)S(C)(=O)=O)C6)cc5C)ccc(F)c43)ccc21. The predicted octanol–water partition coefficient (Wildman–Crippen LogP) is 6.02. The molecule has 0 N–H and O–H groups in total. The normalized spacial score (nSPS) is 22.2. The zero-order chi connectivity index (χ0) is 31.3. The van der Waals surface area contributed by atoms with Crippen LogP contribution in [0.4, 0.5) is 4.39 Å². The molecule has 0 aromatic heterocycles. The van der Waals surface area contributed by atoms with Crippen LogP contribution >= 0.6 is 0 Å². The largest absolute Gasteiger partial charge is 0.492 e. The molecule has 1 aliphatic heterocycles. The van der Waals surface area contributed by atoms with E-state index in [1.807, 2.05) is 50.2 Å². The van der Waals surface area contributed by atoms with Crippen molar-refractivity contribution in [1.82, 2.24) is 4.31 Å². The fourth-order valence-electron chi connectivity index (χ4n) is 6.78. The second-order valence-electron chi connectivity index (χ2n) is 12.2. The molecular formula is C34H38FNO7S. The molecule has 8 nitrogen and oxygen atoms in total. The molecule has 0 saturated heterocycles. The van der Waals surface area contributed by atoms with Gasteiger partial charge in [-0.15, -0.1) is 0 Å². The number of benzene rings is 3. The van der Waals surface area contributed by atoms with Crippen molar-refractivity contribution >= 4 is 16.0 Å². The number of nitrogens with zero attached hydrogens (tertiary/aromatic N) is 1. The van der Waals surface area contributed by atoms with Crippen LogP contribution in [0.1, 0.15) is 65.5 Å². The van der Waals surface area contributed by atoms with E-state index >= 15 is 4.39 Å². The van der Waals surface area contributed by atoms with Crippen LogP contribution in [0.5, 0.6) is 17.2 Å². The number of esters is 1. The summed E-state index contributed by atoms with van der Waals surface area (Å²) in [6.07, 6.45) is 3.64. The maximum absolute atomic E-state index is 15.4. The third-order valence-electron chi connectivity index (χ3n) is 9.25. The van der Waals surface area contributed by atoms with Gasteiger partial charge in [-0.1, -0.05) is 12.1 Å². The van der Waals surface area contributed by atoms with E-state index in [-0.39, 0.29) is 36.3 Å². The second kappa shape index (κ2) is 11.7. The minimum absolute atomic E-state index is 0.0369. The van der Waals surface area contributed by atoms with Gasteiger partial charge in [0, 0.05) is 49.0 Å². The Bertz CT molecular complexity index is 1690. The van der Waals surface area contributed by atoms with Gasteiger partial charge < -0.3 is 18.9 Å². The first-order valence-electron chi connectivity index (χ1n) is 15.0. The highest BCUT2D eigenvalue weighted by Gasteiger charge is 2.37. The van der Waals surface area contributed by atoms with Crippen LogP contribution in [0.2, 0.25) is 0 Å². The Balaban J connectivity index is 1.19. The van der Waals surface area contributed by atoms with Crippen molar-refractivity contribution < 1.29 is 36.6 Å². The Hall–Kier alpha value is -3.63. The molecule has 6 rings (SSSR count). The summed E-state index contributed by atoms with van der Waals surface area (Å²) in [7, 11) is -0.237. The molecule has 1 saturated carbocycles. The fraction of sp³-hybridized carbons (Fsp3) is 0.441. The number of sulfonamides is 1. The monoisotopic (exact) mass is 623 g/mol. The van der Waals surface area contributed by atoms with Crippen LogP contribution in [-0.2, 0) is 26.0 Å². The summed E-state index contributed by atoms with van der Waals surface area (Å²) in [5, 5.41) is 0. The minimum Gasteiger partial charge on any atom is -0.492 e. The van der Waals surface area contributed by atoms with Gasteiger partial charge in [-0.3, -0.25) is 4.79 Å². The van der Waals surface area contributed by atoms with Crippen LogP contribution in [0.15, 0.2) is 42.5 Å². The molecule has 1 fully saturated rings. The van der Waals surface area contributed by atoms with Gasteiger partial charge in [0.2, 0.25) is 10.0 Å². The van der Waals surface area contributed by atoms with Crippen molar-refractivity contribution in [2.45, 2.75) is 70.1 Å². The lowest BCUT2D eigenvalue weighted by Crippen LogP contribution is -2.49. The topological polar surface area (TPSA) is 91.4 Å². The van der Waals surface area contributed by atoms with Crippen LogP contribution in [0, 0.1) is 19.7 Å². The molecule has 0 bridgehead atoms. The number of aryl methyl sites for hydroxylation is 2. The number of hydrogen-bond acceptors (Lipinski definition) is 7. The average molecular weight is 624 g/mol. The van der Waals surface area contributed by atoms with Gasteiger partial charge in [-0.2, -0.15) is 0 Å². The number of carbonyl (C=O) groups excluding carboxylic acids is 1. The number of hydrogen-bond donors (Lipinski definition) is 0. The number of methoxy groups -OCH3 is 1. The van der Waals surface area contributed by atoms with E-state index in [1.54, 1.807) is 7.05 Å². The van der Waals surface area contributed by atoms with Crippen molar-refractivity contribution in [3.8, 4) is 28.4 Å². The van der Waals surface area contributed by atoms with Gasteiger partial charge in [-0.05, 0) is 78.8 Å². The number of fused-ring (bicyclic) bond motifs is 2. The van der Waals surface area contributed by atoms with Crippen LogP contribution < -0.4 is 14.2 Å². The number of rotatable bonds is 9. The highest BCUT2D eigenvalue weighted by molar-refractivity contribution is 7.88. The fourth-order valence-corrected chi connectivity index (χ4v) is 7.50. The van der Waals surface area contributed by atoms with Crippen LogP contribution in [-0.4, -0.2) is 57.9 Å². The molecule has 10 heteroatoms. The lowest BCUT2D eigenvalue weighted by Gasteiger charge is -2.39. The quantitative estimate of drug-likeness (QED) is 0.270. The maximum atomic E-state index is 15.4. The van der Waals surface area contributed by atoms with Crippen molar-refractivity contribution in [1.29, 1.82) is 0 Å². The molecule has 0 radical (unpaired) electrons. The summed E-state index contributed by atoms with van der Waals surface area (Å²) in [4.78, 5) is 11.8. The summed E-state index contributed by atoms with van der Waals surface area (Å²) < 4.78 is 63.7. The number of halogens is 1. The Morgan fingerprint density at radius 3 is 2.45 bits per heavy atom. The first kappa shape index (κ1) is 30.4. The third kappa shape index (κ3) is 5.77. The maximum Gasteiger partial charge on any atom is 0.306 e. The molecular weight excluding hydrogens is 585 g/mol. The summed E-state index contributed by atoms with van der Waals surface area (Å²) in [6.45, 7) is 4.47. The summed E-state index contributed by atoms with van der Waals surface area (Å²) in [5.41, 5.74) is 6.59. The zero-order valence-electron chi connectivity index (χ0n) is 25.7. The summed E-state index contributed by atoms with van der Waals surface area (Å²) in [5.74, 6) is 1.41. The van der Waals surface area contributed by atoms with E-state index in [1.165, 1.54) is 23.7 Å². The van der Waals surface area contributed by atoms with E-state index in [0.717, 1.165) is 39.1 Å². The van der Waals surface area contributed by atoms with Gasteiger partial charge in [-0.25, -0.2) is 17.1 Å². The van der Waals surface area contributed by atoms with E-state index < -0.39 is 16.1 Å². The Kier molecular flexibility index (Phi) is 8.09. The first-order valence-corrected chi connectivity index (χ1v) is 16.8. The van der Waals surface area contributed by atoms with Crippen molar-refractivity contribution in [2.75, 3.05) is 27.0 Å². The second-order valence-corrected chi connectivity index (χ2v) is 14.2. The average Bonchev–Trinajstić information content (AvgIpc) is 3.55. The molecule has 44 heavy (non-hydrogen) atoms. The smallest absolute Gasteiger partial charge is 0.306 e. The van der Waals surface area contributed by atoms with Gasteiger partial charge in [0.15, 0.2) is 0 Å². The van der Waals surface area contributed by atoms with Crippen molar-refractivity contribution in [3.05, 3.63) is 76.1 Å². The van der Waals surface area contributed by atoms with Gasteiger partial charge in [0.25, 0.3) is 0 Å². The lowest BCUT2D eigenvalue weighted by molar-refractivity contribution is -0.141. The Labute approximate surface area is 258 Å². The Morgan fingerprint density at radius 1 is 1.05 bits per heavy atom. The van der Waals surface area contributed by atoms with E-state index in [9.17, 15) is 13.2 Å². The van der Waals surface area contributed by atoms with Gasteiger partial charge in [0.1, 0.15) is 35.3 Å². The van der Waals surface area contributed by atoms with Gasteiger partial charge >= 0.3 is 5.97 Å². The molecule has 3 aromatic rings. The van der Waals surface area contributed by atoms with E-state index in [4.69, 9.17) is 18.9 Å². The molecule has 234 valence electrons. The standard InChI is InChI=1S/C34H38FNO7S/c1-19-12-24(42-25-15-22(16-25)36(3)44(5,38)39)13-20(2)33(19)27-8-10-29(35)34-28(27)9-11-30(34)43-23-6-7-26-21(14-32(37)40-4)18-41-31(26)17-23/h6-8,10,12-13,17,21-22,25,30H,9,11,14-16,18H2,1-5H3. The van der Waals surface area contributed by atoms with Crippen molar-refractivity contribution in [2.24, 2.45) is 0 Å². The van der Waals surface area contributed by atoms with Crippen molar-refractivity contribution in [3.63, 3.8) is 0 Å². The highest BCUT2D eigenvalue weighted by Crippen LogP contribution is 2.45. The molecule has 0 amide bonds. The lowest BCUT2D eigenvalue weighted by atomic mass is 9.88. The molecule has 0 spiro atoms. The highest BCUT2D eigenvalue weighted by atomic mass is 32.2. The number of carbonyl (C=O) groups is 1. The summed E-state index contributed by atoms with van der Waals surface area (Å²) in [6, 6.07) is 12.9. The molecule has 1 heterocycles. The summed E-state index contributed by atoms with van der Waals surface area (Å²) >= 11 is 0. The molecule has 2 unspecified atom stereocenters. The van der Waals surface area contributed by atoms with Crippen LogP contribution in [0.3, 0.4) is 0 Å². The van der Waals surface area contributed by atoms with E-state index in [0.29, 0.717) is 49.4 Å². The predicted molar refractivity (Wildman–Crippen MR) is 164 cm³/mol. The van der Waals surface area contributed by atoms with Crippen LogP contribution in [0.25, 0.3) is 11.1 Å². The van der Waals surface area contributed by atoms with E-state index in [2.05, 4.69) is 0 Å². The first-order chi connectivity index (χ1) is 20.9. The molecule has 3 aliphatic rings. The Morgan fingerprint density at radius 2 is 1.77 bits per heavy atom. The molecule has 3 aromatic carbocycles. The molecule has 2 atom stereocenters.